The third kappa shape index (κ3) is 1.93. The molecular formula is C18H16N2O. The number of aromatic nitrogens is 1. The van der Waals surface area contributed by atoms with E-state index < -0.39 is 0 Å². The highest BCUT2D eigenvalue weighted by Gasteiger charge is 2.19. The number of carbonyl (C=O) groups is 1. The fourth-order valence-corrected chi connectivity index (χ4v) is 3.14. The monoisotopic (exact) mass is 276 g/mol. The minimum absolute atomic E-state index is 0.758. The average molecular weight is 276 g/mol. The standard InChI is InChI=1S/C18H16N2O/c1-19-7-6-14-9-17(4-5-18(14)19)20-10-15-3-2-13(12-21)8-16(15)11-20/h2-9,12H,10-11H2,1H3. The van der Waals surface area contributed by atoms with Gasteiger partial charge in [-0.15, -0.1) is 0 Å². The lowest BCUT2D eigenvalue weighted by Gasteiger charge is -2.18. The van der Waals surface area contributed by atoms with Crippen molar-refractivity contribution >= 4 is 22.9 Å². The molecule has 0 aliphatic carbocycles. The van der Waals surface area contributed by atoms with Crippen LogP contribution in [0.5, 0.6) is 0 Å². The molecule has 3 aromatic rings. The summed E-state index contributed by atoms with van der Waals surface area (Å²) < 4.78 is 2.13. The Balaban J connectivity index is 1.69. The van der Waals surface area contributed by atoms with Crippen molar-refractivity contribution in [1.29, 1.82) is 0 Å². The second kappa shape index (κ2) is 4.48. The van der Waals surface area contributed by atoms with Crippen molar-refractivity contribution in [2.45, 2.75) is 13.1 Å². The Labute approximate surface area is 123 Å². The Kier molecular flexibility index (Phi) is 2.61. The van der Waals surface area contributed by atoms with Crippen LogP contribution >= 0.6 is 0 Å². The van der Waals surface area contributed by atoms with Gasteiger partial charge in [0.2, 0.25) is 0 Å². The van der Waals surface area contributed by atoms with Crippen LogP contribution in [0.2, 0.25) is 0 Å². The molecule has 2 heterocycles. The first kappa shape index (κ1) is 12.2. The number of aldehydes is 1. The molecule has 0 unspecified atom stereocenters. The molecule has 2 aromatic carbocycles. The number of rotatable bonds is 2. The van der Waals surface area contributed by atoms with Gasteiger partial charge >= 0.3 is 0 Å². The van der Waals surface area contributed by atoms with Gasteiger partial charge in [-0.05, 0) is 41.5 Å². The zero-order valence-corrected chi connectivity index (χ0v) is 11.9. The Hall–Kier alpha value is -2.55. The van der Waals surface area contributed by atoms with Gasteiger partial charge in [0.05, 0.1) is 0 Å². The molecule has 1 aliphatic rings. The average Bonchev–Trinajstić information content (AvgIpc) is 3.10. The predicted octanol–water partition coefficient (Wildman–Crippen LogP) is 3.51. The van der Waals surface area contributed by atoms with E-state index >= 15 is 0 Å². The van der Waals surface area contributed by atoms with Gasteiger partial charge < -0.3 is 9.47 Å². The summed E-state index contributed by atoms with van der Waals surface area (Å²) in [4.78, 5) is 13.2. The molecular weight excluding hydrogens is 260 g/mol. The number of hydrogen-bond acceptors (Lipinski definition) is 2. The molecule has 0 amide bonds. The summed E-state index contributed by atoms with van der Waals surface area (Å²) >= 11 is 0. The van der Waals surface area contributed by atoms with Gasteiger partial charge in [-0.1, -0.05) is 12.1 Å². The van der Waals surface area contributed by atoms with Crippen LogP contribution < -0.4 is 4.90 Å². The van der Waals surface area contributed by atoms with E-state index in [4.69, 9.17) is 0 Å². The summed E-state index contributed by atoms with van der Waals surface area (Å²) in [6.45, 7) is 1.78. The molecule has 21 heavy (non-hydrogen) atoms. The molecule has 0 N–H and O–H groups in total. The second-order valence-corrected chi connectivity index (χ2v) is 5.67. The predicted molar refractivity (Wildman–Crippen MR) is 84.6 cm³/mol. The number of fused-ring (bicyclic) bond motifs is 2. The summed E-state index contributed by atoms with van der Waals surface area (Å²) in [6.07, 6.45) is 3.00. The molecule has 0 bridgehead atoms. The van der Waals surface area contributed by atoms with Gasteiger partial charge in [0.25, 0.3) is 0 Å². The summed E-state index contributed by atoms with van der Waals surface area (Å²) in [7, 11) is 2.06. The van der Waals surface area contributed by atoms with Gasteiger partial charge in [0.1, 0.15) is 6.29 Å². The van der Waals surface area contributed by atoms with Crippen molar-refractivity contribution in [1.82, 2.24) is 4.57 Å². The smallest absolute Gasteiger partial charge is 0.150 e. The van der Waals surface area contributed by atoms with Crippen LogP contribution in [-0.4, -0.2) is 10.9 Å². The zero-order valence-electron chi connectivity index (χ0n) is 11.9. The number of anilines is 1. The molecule has 1 aromatic heterocycles. The number of nitrogens with zero attached hydrogens (tertiary/aromatic N) is 2. The summed E-state index contributed by atoms with van der Waals surface area (Å²) in [5.74, 6) is 0. The molecule has 3 nitrogen and oxygen atoms in total. The van der Waals surface area contributed by atoms with Crippen LogP contribution in [0.4, 0.5) is 5.69 Å². The van der Waals surface area contributed by atoms with E-state index in [1.807, 2.05) is 12.1 Å². The van der Waals surface area contributed by atoms with E-state index in [-0.39, 0.29) is 0 Å². The maximum atomic E-state index is 10.9. The highest BCUT2D eigenvalue weighted by Crippen LogP contribution is 2.30. The molecule has 0 fully saturated rings. The van der Waals surface area contributed by atoms with Gasteiger partial charge in [-0.3, -0.25) is 4.79 Å². The first-order valence-electron chi connectivity index (χ1n) is 7.11. The fraction of sp³-hybridized carbons (Fsp3) is 0.167. The van der Waals surface area contributed by atoms with Crippen molar-refractivity contribution in [2.24, 2.45) is 7.05 Å². The molecule has 0 saturated carbocycles. The van der Waals surface area contributed by atoms with E-state index in [1.165, 1.54) is 27.7 Å². The number of hydrogen-bond donors (Lipinski definition) is 0. The lowest BCUT2D eigenvalue weighted by Crippen LogP contribution is -2.14. The summed E-state index contributed by atoms with van der Waals surface area (Å²) in [6, 6.07) is 14.7. The van der Waals surface area contributed by atoms with E-state index in [0.717, 1.165) is 24.9 Å². The highest BCUT2D eigenvalue weighted by molar-refractivity contribution is 5.84. The lowest BCUT2D eigenvalue weighted by molar-refractivity contribution is 0.112. The summed E-state index contributed by atoms with van der Waals surface area (Å²) in [5.41, 5.74) is 5.81. The minimum atomic E-state index is 0.758. The third-order valence-electron chi connectivity index (χ3n) is 4.32. The van der Waals surface area contributed by atoms with Gasteiger partial charge in [-0.2, -0.15) is 0 Å². The van der Waals surface area contributed by atoms with E-state index in [2.05, 4.69) is 53.0 Å². The van der Waals surface area contributed by atoms with E-state index in [9.17, 15) is 4.79 Å². The molecule has 0 atom stereocenters. The number of aryl methyl sites for hydroxylation is 1. The van der Waals surface area contributed by atoms with E-state index in [1.54, 1.807) is 0 Å². The molecule has 3 heteroatoms. The first-order valence-corrected chi connectivity index (χ1v) is 7.11. The van der Waals surface area contributed by atoms with Gasteiger partial charge in [0, 0.05) is 48.5 Å². The van der Waals surface area contributed by atoms with Crippen LogP contribution in [0, 0.1) is 0 Å². The molecule has 0 spiro atoms. The number of carbonyl (C=O) groups excluding carboxylic acids is 1. The largest absolute Gasteiger partial charge is 0.363 e. The zero-order chi connectivity index (χ0) is 14.4. The van der Waals surface area contributed by atoms with Crippen molar-refractivity contribution < 1.29 is 4.79 Å². The Morgan fingerprint density at radius 1 is 1.00 bits per heavy atom. The molecule has 0 saturated heterocycles. The van der Waals surface area contributed by atoms with E-state index in [0.29, 0.717) is 0 Å². The molecule has 4 rings (SSSR count). The summed E-state index contributed by atoms with van der Waals surface area (Å²) in [5, 5.41) is 1.26. The van der Waals surface area contributed by atoms with Crippen molar-refractivity contribution in [2.75, 3.05) is 4.90 Å². The first-order chi connectivity index (χ1) is 10.2. The Bertz CT molecular complexity index is 848. The number of benzene rings is 2. The molecule has 1 aliphatic heterocycles. The third-order valence-corrected chi connectivity index (χ3v) is 4.32. The van der Waals surface area contributed by atoms with Crippen molar-refractivity contribution in [3.63, 3.8) is 0 Å². The maximum absolute atomic E-state index is 10.9. The van der Waals surface area contributed by atoms with Crippen LogP contribution in [0.3, 0.4) is 0 Å². The normalized spacial score (nSPS) is 13.7. The van der Waals surface area contributed by atoms with Crippen molar-refractivity contribution in [3.05, 3.63) is 65.4 Å². The van der Waals surface area contributed by atoms with Crippen LogP contribution in [-0.2, 0) is 20.1 Å². The lowest BCUT2D eigenvalue weighted by atomic mass is 10.1. The Morgan fingerprint density at radius 3 is 2.71 bits per heavy atom. The molecule has 0 radical (unpaired) electrons. The highest BCUT2D eigenvalue weighted by atomic mass is 16.1. The Morgan fingerprint density at radius 2 is 1.86 bits per heavy atom. The fourth-order valence-electron chi connectivity index (χ4n) is 3.14. The van der Waals surface area contributed by atoms with Gasteiger partial charge in [-0.25, -0.2) is 0 Å². The van der Waals surface area contributed by atoms with Crippen LogP contribution in [0.1, 0.15) is 21.5 Å². The van der Waals surface area contributed by atoms with Crippen molar-refractivity contribution in [3.8, 4) is 0 Å². The minimum Gasteiger partial charge on any atom is -0.363 e. The van der Waals surface area contributed by atoms with Gasteiger partial charge in [0.15, 0.2) is 0 Å². The topological polar surface area (TPSA) is 25.2 Å². The van der Waals surface area contributed by atoms with Crippen LogP contribution in [0.15, 0.2) is 48.7 Å². The second-order valence-electron chi connectivity index (χ2n) is 5.67. The SMILES string of the molecule is Cn1ccc2cc(N3Cc4ccc(C=O)cc4C3)ccc21. The molecule has 104 valence electrons. The maximum Gasteiger partial charge on any atom is 0.150 e. The van der Waals surface area contributed by atoms with Crippen LogP contribution in [0.25, 0.3) is 10.9 Å². The quantitative estimate of drug-likeness (QED) is 0.669.